The molecule has 1 aromatic carbocycles. The molecule has 1 saturated carbocycles. The molecular weight excluding hydrogens is 371 g/mol. The van der Waals surface area contributed by atoms with Crippen LogP contribution in [0.4, 0.5) is 4.39 Å². The van der Waals surface area contributed by atoms with Gasteiger partial charge in [0, 0.05) is 12.5 Å². The van der Waals surface area contributed by atoms with Crippen LogP contribution in [0.3, 0.4) is 0 Å². The number of hydrogen-bond acceptors (Lipinski definition) is 4. The Kier molecular flexibility index (Phi) is 7.16. The van der Waals surface area contributed by atoms with Crippen LogP contribution in [0, 0.1) is 5.82 Å². The van der Waals surface area contributed by atoms with Crippen LogP contribution in [0.1, 0.15) is 43.4 Å². The molecule has 27 heavy (non-hydrogen) atoms. The third kappa shape index (κ3) is 5.65. The molecule has 1 aliphatic carbocycles. The average molecular weight is 395 g/mol. The van der Waals surface area contributed by atoms with E-state index in [1.54, 1.807) is 18.2 Å². The molecule has 1 aliphatic rings. The first-order valence-electron chi connectivity index (χ1n) is 8.86. The molecule has 0 unspecified atom stereocenters. The van der Waals surface area contributed by atoms with Gasteiger partial charge < -0.3 is 15.5 Å². The minimum Gasteiger partial charge on any atom is -0.506 e. The molecule has 1 aromatic heterocycles. The van der Waals surface area contributed by atoms with Crippen LogP contribution in [0.25, 0.3) is 0 Å². The molecular formula is C20H24ClFN2O3. The average Bonchev–Trinajstić information content (AvgIpc) is 2.64. The molecule has 0 radical (unpaired) electrons. The predicted octanol–water partition coefficient (Wildman–Crippen LogP) is 3.23. The van der Waals surface area contributed by atoms with Gasteiger partial charge in [0.15, 0.2) is 0 Å². The summed E-state index contributed by atoms with van der Waals surface area (Å²) in [6.07, 6.45) is 4.60. The molecule has 0 atom stereocenters. The first kappa shape index (κ1) is 21.1. The zero-order chi connectivity index (χ0) is 18.6. The maximum absolute atomic E-state index is 12.9. The number of rotatable bonds is 5. The topological polar surface area (TPSA) is 82.5 Å². The van der Waals surface area contributed by atoms with Crippen LogP contribution in [0.15, 0.2) is 42.6 Å². The number of nitrogens with one attached hydrogen (secondary N) is 1. The SMILES string of the molecule is Cl.O=C(CCc1ccc(F)cc1)N[C@H]1CC[C@@](O)(c2ccc(O)cn2)CC1. The smallest absolute Gasteiger partial charge is 0.220 e. The van der Waals surface area contributed by atoms with Gasteiger partial charge in [0.25, 0.3) is 0 Å². The van der Waals surface area contributed by atoms with Crippen LogP contribution in [0.5, 0.6) is 5.75 Å². The highest BCUT2D eigenvalue weighted by atomic mass is 35.5. The number of halogens is 2. The molecule has 0 saturated heterocycles. The van der Waals surface area contributed by atoms with Crippen molar-refractivity contribution in [2.24, 2.45) is 0 Å². The number of aryl methyl sites for hydroxylation is 1. The molecule has 1 fully saturated rings. The number of carbonyl (C=O) groups excluding carboxylic acids is 1. The van der Waals surface area contributed by atoms with Crippen molar-refractivity contribution in [3.63, 3.8) is 0 Å². The van der Waals surface area contributed by atoms with Gasteiger partial charge in [-0.25, -0.2) is 4.39 Å². The van der Waals surface area contributed by atoms with Gasteiger partial charge in [-0.3, -0.25) is 9.78 Å². The second kappa shape index (κ2) is 9.15. The Labute approximate surface area is 164 Å². The second-order valence-corrected chi connectivity index (χ2v) is 6.90. The lowest BCUT2D eigenvalue weighted by Gasteiger charge is -2.35. The molecule has 0 bridgehead atoms. The zero-order valence-electron chi connectivity index (χ0n) is 14.9. The van der Waals surface area contributed by atoms with Gasteiger partial charge in [-0.05, 0) is 61.9 Å². The molecule has 5 nitrogen and oxygen atoms in total. The van der Waals surface area contributed by atoms with E-state index in [0.717, 1.165) is 5.56 Å². The van der Waals surface area contributed by atoms with Crippen molar-refractivity contribution < 1.29 is 19.4 Å². The third-order valence-electron chi connectivity index (χ3n) is 4.96. The Hall–Kier alpha value is -2.18. The quantitative estimate of drug-likeness (QED) is 0.727. The lowest BCUT2D eigenvalue weighted by Crippen LogP contribution is -2.42. The Morgan fingerprint density at radius 3 is 2.44 bits per heavy atom. The highest BCUT2D eigenvalue weighted by Crippen LogP contribution is 2.36. The zero-order valence-corrected chi connectivity index (χ0v) is 15.7. The van der Waals surface area contributed by atoms with Crippen molar-refractivity contribution in [1.82, 2.24) is 10.3 Å². The fourth-order valence-electron chi connectivity index (χ4n) is 3.37. The number of amides is 1. The first-order valence-corrected chi connectivity index (χ1v) is 8.86. The molecule has 3 rings (SSSR count). The van der Waals surface area contributed by atoms with Crippen LogP contribution in [-0.2, 0) is 16.8 Å². The highest BCUT2D eigenvalue weighted by molar-refractivity contribution is 5.85. The number of pyridine rings is 1. The van der Waals surface area contributed by atoms with Crippen molar-refractivity contribution in [2.75, 3.05) is 0 Å². The summed E-state index contributed by atoms with van der Waals surface area (Å²) >= 11 is 0. The van der Waals surface area contributed by atoms with Crippen molar-refractivity contribution in [1.29, 1.82) is 0 Å². The molecule has 2 aromatic rings. The number of nitrogens with zero attached hydrogens (tertiary/aromatic N) is 1. The van der Waals surface area contributed by atoms with E-state index in [2.05, 4.69) is 10.3 Å². The Morgan fingerprint density at radius 2 is 1.85 bits per heavy atom. The summed E-state index contributed by atoms with van der Waals surface area (Å²) in [6.45, 7) is 0. The largest absolute Gasteiger partial charge is 0.506 e. The minimum absolute atomic E-state index is 0. The molecule has 3 N–H and O–H groups in total. The fourth-order valence-corrected chi connectivity index (χ4v) is 3.37. The van der Waals surface area contributed by atoms with E-state index in [0.29, 0.717) is 44.2 Å². The normalized spacial score (nSPS) is 21.9. The summed E-state index contributed by atoms with van der Waals surface area (Å²) < 4.78 is 12.9. The Morgan fingerprint density at radius 1 is 1.19 bits per heavy atom. The van der Waals surface area contributed by atoms with Gasteiger partial charge >= 0.3 is 0 Å². The molecule has 0 spiro atoms. The molecule has 1 amide bonds. The monoisotopic (exact) mass is 394 g/mol. The summed E-state index contributed by atoms with van der Waals surface area (Å²) in [4.78, 5) is 16.2. The predicted molar refractivity (Wildman–Crippen MR) is 102 cm³/mol. The van der Waals surface area contributed by atoms with Crippen LogP contribution in [-0.4, -0.2) is 27.1 Å². The van der Waals surface area contributed by atoms with E-state index in [1.807, 2.05) is 0 Å². The third-order valence-corrected chi connectivity index (χ3v) is 4.96. The van der Waals surface area contributed by atoms with Crippen LogP contribution >= 0.6 is 12.4 Å². The molecule has 0 aliphatic heterocycles. The molecule has 1 heterocycles. The summed E-state index contributed by atoms with van der Waals surface area (Å²) in [6, 6.07) is 9.36. The van der Waals surface area contributed by atoms with Crippen molar-refractivity contribution in [3.05, 3.63) is 59.7 Å². The van der Waals surface area contributed by atoms with E-state index in [1.165, 1.54) is 24.4 Å². The molecule has 7 heteroatoms. The van der Waals surface area contributed by atoms with Crippen molar-refractivity contribution in [2.45, 2.75) is 50.2 Å². The van der Waals surface area contributed by atoms with Gasteiger partial charge in [-0.15, -0.1) is 12.4 Å². The van der Waals surface area contributed by atoms with Gasteiger partial charge in [-0.1, -0.05) is 12.1 Å². The van der Waals surface area contributed by atoms with E-state index in [9.17, 15) is 19.4 Å². The lowest BCUT2D eigenvalue weighted by molar-refractivity contribution is -0.122. The summed E-state index contributed by atoms with van der Waals surface area (Å²) in [7, 11) is 0. The summed E-state index contributed by atoms with van der Waals surface area (Å²) in [5.41, 5.74) is 0.470. The highest BCUT2D eigenvalue weighted by Gasteiger charge is 2.36. The van der Waals surface area contributed by atoms with Gasteiger partial charge in [0.2, 0.25) is 5.91 Å². The number of aliphatic hydroxyl groups is 1. The Bertz CT molecular complexity index is 745. The Balaban J connectivity index is 0.00000261. The van der Waals surface area contributed by atoms with Gasteiger partial charge in [0.05, 0.1) is 11.9 Å². The van der Waals surface area contributed by atoms with Crippen LogP contribution in [0.2, 0.25) is 0 Å². The summed E-state index contributed by atoms with van der Waals surface area (Å²) in [5, 5.41) is 23.1. The number of carbonyl (C=O) groups is 1. The standard InChI is InChI=1S/C20H23FN2O3.ClH/c21-15-4-1-14(2-5-15)3-8-19(25)23-16-9-11-20(26,12-10-16)18-7-6-17(24)13-22-18;/h1-2,4-7,13,16,24,26H,3,8-12H2,(H,23,25);1H/t16-,20-;. The van der Waals surface area contributed by atoms with Crippen molar-refractivity contribution in [3.8, 4) is 5.75 Å². The minimum atomic E-state index is -1.01. The second-order valence-electron chi connectivity index (χ2n) is 6.90. The van der Waals surface area contributed by atoms with Gasteiger partial charge in [-0.2, -0.15) is 0 Å². The van der Waals surface area contributed by atoms with Crippen molar-refractivity contribution >= 4 is 18.3 Å². The van der Waals surface area contributed by atoms with E-state index in [4.69, 9.17) is 0 Å². The number of aromatic hydroxyl groups is 1. The maximum atomic E-state index is 12.9. The van der Waals surface area contributed by atoms with E-state index in [-0.39, 0.29) is 35.9 Å². The fraction of sp³-hybridized carbons (Fsp3) is 0.400. The summed E-state index contributed by atoms with van der Waals surface area (Å²) in [5.74, 6) is -0.247. The van der Waals surface area contributed by atoms with E-state index >= 15 is 0 Å². The first-order chi connectivity index (χ1) is 12.4. The number of aromatic nitrogens is 1. The van der Waals surface area contributed by atoms with E-state index < -0.39 is 5.60 Å². The van der Waals surface area contributed by atoms with Gasteiger partial charge in [0.1, 0.15) is 17.2 Å². The molecule has 146 valence electrons. The number of benzene rings is 1. The lowest BCUT2D eigenvalue weighted by atomic mass is 9.80. The van der Waals surface area contributed by atoms with Crippen LogP contribution < -0.4 is 5.32 Å². The number of hydrogen-bond donors (Lipinski definition) is 3. The maximum Gasteiger partial charge on any atom is 0.220 e.